The van der Waals surface area contributed by atoms with Gasteiger partial charge >= 0.3 is 11.3 Å². The lowest BCUT2D eigenvalue weighted by Gasteiger charge is -2.06. The number of carbonyl (C=O) groups is 1. The third-order valence-electron chi connectivity index (χ3n) is 1.15. The molecule has 0 aromatic carbocycles. The quantitative estimate of drug-likeness (QED) is 0.703. The first-order chi connectivity index (χ1) is 6.00. The molecule has 1 heterocycles. The number of aromatic amines is 1. The molecule has 0 atom stereocenters. The van der Waals surface area contributed by atoms with Crippen LogP contribution in [0.3, 0.4) is 0 Å². The molecule has 8 heteroatoms. The van der Waals surface area contributed by atoms with Gasteiger partial charge in [-0.15, -0.1) is 0 Å². The first-order valence-electron chi connectivity index (χ1n) is 3.20. The molecule has 1 aromatic heterocycles. The molecule has 1 aromatic rings. The number of H-pyrrole nitrogens is 1. The van der Waals surface area contributed by atoms with Crippen LogP contribution in [0.15, 0.2) is 6.20 Å². The van der Waals surface area contributed by atoms with Gasteiger partial charge in [0, 0.05) is 0 Å². The van der Waals surface area contributed by atoms with Gasteiger partial charge in [0.1, 0.15) is 5.69 Å². The molecule has 0 unspecified atom stereocenters. The normalized spacial score (nSPS) is 11.3. The second-order valence-corrected chi connectivity index (χ2v) is 2.62. The number of aromatic nitrogens is 3. The second kappa shape index (κ2) is 3.65. The highest BCUT2D eigenvalue weighted by molar-refractivity contribution is 6.32. The Morgan fingerprint density at radius 3 is 2.92 bits per heavy atom. The van der Waals surface area contributed by atoms with E-state index in [1.165, 1.54) is 6.20 Å². The van der Waals surface area contributed by atoms with Gasteiger partial charge in [-0.3, -0.25) is 4.79 Å². The molecule has 0 radical (unpaired) electrons. The fraction of sp³-hybridized carbons (Fsp3) is 0.400. The van der Waals surface area contributed by atoms with Gasteiger partial charge in [-0.2, -0.15) is 24.2 Å². The number of carbonyl (C=O) groups excluding carboxylic acids is 1. The lowest BCUT2D eigenvalue weighted by Crippen LogP contribution is -2.35. The van der Waals surface area contributed by atoms with E-state index in [-0.39, 0.29) is 6.54 Å². The Kier molecular flexibility index (Phi) is 2.76. The van der Waals surface area contributed by atoms with E-state index in [1.54, 1.807) is 0 Å². The maximum atomic E-state index is 12.1. The van der Waals surface area contributed by atoms with E-state index in [1.807, 2.05) is 5.32 Å². The van der Waals surface area contributed by atoms with E-state index < -0.39 is 11.3 Å². The maximum Gasteiger partial charge on any atom is 0.399 e. The molecule has 1 amide bonds. The highest BCUT2D eigenvalue weighted by Gasteiger charge is 2.35. The van der Waals surface area contributed by atoms with Crippen LogP contribution in [-0.2, 0) is 11.3 Å². The molecule has 0 bridgehead atoms. The predicted molar refractivity (Wildman–Crippen MR) is 39.0 cm³/mol. The number of alkyl halides is 3. The van der Waals surface area contributed by atoms with Crippen LogP contribution in [0.2, 0.25) is 0 Å². The first-order valence-corrected chi connectivity index (χ1v) is 3.57. The Labute approximate surface area is 76.5 Å². The standard InChI is InChI=1S/C5H5ClF2N4O/c6-5(7,8)4(13)9-1-3-2-10-12-11-3/h2H,1H2,(H,9,13)(H,10,11,12). The molecule has 0 fully saturated rings. The van der Waals surface area contributed by atoms with Gasteiger partial charge in [0.05, 0.1) is 12.7 Å². The summed E-state index contributed by atoms with van der Waals surface area (Å²) in [5, 5.41) is 7.20. The van der Waals surface area contributed by atoms with Gasteiger partial charge in [-0.25, -0.2) is 0 Å². The minimum absolute atomic E-state index is 0.141. The van der Waals surface area contributed by atoms with E-state index in [0.717, 1.165) is 0 Å². The fourth-order valence-corrected chi connectivity index (χ4v) is 0.648. The monoisotopic (exact) mass is 210 g/mol. The molecule has 72 valence electrons. The Morgan fingerprint density at radius 1 is 1.77 bits per heavy atom. The average molecular weight is 211 g/mol. The lowest BCUT2D eigenvalue weighted by molar-refractivity contribution is -0.135. The van der Waals surface area contributed by atoms with Crippen LogP contribution in [0.1, 0.15) is 5.69 Å². The molecular formula is C5H5ClF2N4O. The average Bonchev–Trinajstić information content (AvgIpc) is 2.50. The first kappa shape index (κ1) is 9.85. The molecule has 0 aliphatic rings. The summed E-state index contributed by atoms with van der Waals surface area (Å²) in [7, 11) is 0. The third-order valence-corrected chi connectivity index (χ3v) is 1.32. The zero-order chi connectivity index (χ0) is 9.90. The van der Waals surface area contributed by atoms with Crippen molar-refractivity contribution in [1.29, 1.82) is 0 Å². The van der Waals surface area contributed by atoms with Gasteiger partial charge in [-0.05, 0) is 11.6 Å². The van der Waals surface area contributed by atoms with Crippen LogP contribution in [0, 0.1) is 0 Å². The zero-order valence-electron chi connectivity index (χ0n) is 6.22. The van der Waals surface area contributed by atoms with Gasteiger partial charge < -0.3 is 5.32 Å². The van der Waals surface area contributed by atoms with Crippen molar-refractivity contribution < 1.29 is 13.6 Å². The summed E-state index contributed by atoms with van der Waals surface area (Å²) in [4.78, 5) is 10.5. The van der Waals surface area contributed by atoms with Gasteiger partial charge in [0.2, 0.25) is 0 Å². The van der Waals surface area contributed by atoms with Crippen LogP contribution in [0.25, 0.3) is 0 Å². The number of nitrogens with one attached hydrogen (secondary N) is 2. The molecule has 5 nitrogen and oxygen atoms in total. The molecule has 0 saturated carbocycles. The predicted octanol–water partition coefficient (Wildman–Crippen LogP) is 0.252. The number of halogens is 3. The number of nitrogens with zero attached hydrogens (tertiary/aromatic N) is 2. The zero-order valence-corrected chi connectivity index (χ0v) is 6.98. The Hall–Kier alpha value is -1.24. The topological polar surface area (TPSA) is 70.7 Å². The summed E-state index contributed by atoms with van der Waals surface area (Å²) < 4.78 is 24.1. The summed E-state index contributed by atoms with van der Waals surface area (Å²) in [6.45, 7) is -0.141. The lowest BCUT2D eigenvalue weighted by atomic mass is 10.4. The van der Waals surface area contributed by atoms with Crippen LogP contribution in [0.5, 0.6) is 0 Å². The van der Waals surface area contributed by atoms with E-state index in [4.69, 9.17) is 0 Å². The van der Waals surface area contributed by atoms with Crippen molar-refractivity contribution in [1.82, 2.24) is 20.7 Å². The smallest absolute Gasteiger partial charge is 0.344 e. The van der Waals surface area contributed by atoms with Crippen molar-refractivity contribution in [2.75, 3.05) is 0 Å². The largest absolute Gasteiger partial charge is 0.399 e. The van der Waals surface area contributed by atoms with Crippen LogP contribution < -0.4 is 5.32 Å². The number of hydrogen-bond acceptors (Lipinski definition) is 3. The fourth-order valence-electron chi connectivity index (χ4n) is 0.582. The third kappa shape index (κ3) is 2.94. The van der Waals surface area contributed by atoms with E-state index in [2.05, 4.69) is 27.0 Å². The van der Waals surface area contributed by atoms with Crippen molar-refractivity contribution in [3.8, 4) is 0 Å². The molecular weight excluding hydrogens is 206 g/mol. The summed E-state index contributed by atoms with van der Waals surface area (Å²) in [5.41, 5.74) is 0.342. The van der Waals surface area contributed by atoms with E-state index in [0.29, 0.717) is 5.69 Å². The Morgan fingerprint density at radius 2 is 2.46 bits per heavy atom. The Bertz CT molecular complexity index is 283. The number of amides is 1. The van der Waals surface area contributed by atoms with Crippen LogP contribution >= 0.6 is 11.6 Å². The van der Waals surface area contributed by atoms with Gasteiger partial charge in [0.15, 0.2) is 0 Å². The van der Waals surface area contributed by atoms with Crippen molar-refractivity contribution in [3.63, 3.8) is 0 Å². The van der Waals surface area contributed by atoms with Gasteiger partial charge in [-0.1, -0.05) is 0 Å². The maximum absolute atomic E-state index is 12.1. The minimum atomic E-state index is -3.89. The summed E-state index contributed by atoms with van der Waals surface area (Å²) >= 11 is 4.43. The summed E-state index contributed by atoms with van der Waals surface area (Å²) in [5.74, 6) is -1.56. The molecule has 0 spiro atoms. The molecule has 0 saturated heterocycles. The SMILES string of the molecule is O=C(NCc1cn[nH]n1)C(F)(F)Cl. The highest BCUT2D eigenvalue weighted by atomic mass is 35.5. The summed E-state index contributed by atoms with van der Waals surface area (Å²) in [6, 6.07) is 0. The summed E-state index contributed by atoms with van der Waals surface area (Å²) in [6.07, 6.45) is 1.30. The van der Waals surface area contributed by atoms with Crippen molar-refractivity contribution >= 4 is 17.5 Å². The number of hydrogen-bond donors (Lipinski definition) is 2. The molecule has 0 aliphatic heterocycles. The molecule has 13 heavy (non-hydrogen) atoms. The van der Waals surface area contributed by atoms with E-state index >= 15 is 0 Å². The number of rotatable bonds is 3. The molecule has 1 rings (SSSR count). The Balaban J connectivity index is 2.40. The van der Waals surface area contributed by atoms with Crippen molar-refractivity contribution in [2.45, 2.75) is 11.9 Å². The van der Waals surface area contributed by atoms with E-state index in [9.17, 15) is 13.6 Å². The van der Waals surface area contributed by atoms with Gasteiger partial charge in [0.25, 0.3) is 0 Å². The molecule has 0 aliphatic carbocycles. The van der Waals surface area contributed by atoms with Crippen LogP contribution in [-0.4, -0.2) is 26.7 Å². The molecule has 2 N–H and O–H groups in total. The second-order valence-electron chi connectivity index (χ2n) is 2.14. The van der Waals surface area contributed by atoms with Crippen molar-refractivity contribution in [3.05, 3.63) is 11.9 Å². The van der Waals surface area contributed by atoms with Crippen molar-refractivity contribution in [2.24, 2.45) is 0 Å². The minimum Gasteiger partial charge on any atom is -0.344 e. The highest BCUT2D eigenvalue weighted by Crippen LogP contribution is 2.18. The van der Waals surface area contributed by atoms with Crippen LogP contribution in [0.4, 0.5) is 8.78 Å².